The molecule has 34 heavy (non-hydrogen) atoms. The topological polar surface area (TPSA) is 98.6 Å². The van der Waals surface area contributed by atoms with Gasteiger partial charge in [0.2, 0.25) is 5.91 Å². The fourth-order valence-electron chi connectivity index (χ4n) is 3.56. The van der Waals surface area contributed by atoms with Crippen LogP contribution in [0.5, 0.6) is 11.5 Å². The van der Waals surface area contributed by atoms with Crippen molar-refractivity contribution in [3.63, 3.8) is 0 Å². The van der Waals surface area contributed by atoms with E-state index in [1.54, 1.807) is 36.1 Å². The molecule has 9 heteroatoms. The quantitative estimate of drug-likeness (QED) is 0.488. The number of rotatable bonds is 10. The van der Waals surface area contributed by atoms with Crippen LogP contribution in [0.2, 0.25) is 0 Å². The highest BCUT2D eigenvalue weighted by molar-refractivity contribution is 6.00. The van der Waals surface area contributed by atoms with Gasteiger partial charge in [-0.15, -0.1) is 0 Å². The van der Waals surface area contributed by atoms with Crippen LogP contribution < -0.4 is 14.8 Å². The van der Waals surface area contributed by atoms with Crippen molar-refractivity contribution in [3.8, 4) is 17.3 Å². The van der Waals surface area contributed by atoms with Crippen LogP contribution in [0.15, 0.2) is 48.8 Å². The number of hydrogen-bond donors (Lipinski definition) is 1. The van der Waals surface area contributed by atoms with E-state index in [1.807, 2.05) is 45.9 Å². The summed E-state index contributed by atoms with van der Waals surface area (Å²) in [7, 11) is 1.59. The zero-order valence-corrected chi connectivity index (χ0v) is 20.2. The summed E-state index contributed by atoms with van der Waals surface area (Å²) in [6, 6.07) is 10.7. The summed E-state index contributed by atoms with van der Waals surface area (Å²) in [6.07, 6.45) is 3.21. The van der Waals surface area contributed by atoms with E-state index in [0.717, 1.165) is 5.69 Å². The largest absolute Gasteiger partial charge is 0.490 e. The Morgan fingerprint density at radius 1 is 1.09 bits per heavy atom. The van der Waals surface area contributed by atoms with Crippen molar-refractivity contribution in [2.75, 3.05) is 32.1 Å². The van der Waals surface area contributed by atoms with Gasteiger partial charge in [-0.3, -0.25) is 9.59 Å². The maximum absolute atomic E-state index is 13.2. The fraction of sp³-hybridized carbons (Fsp3) is 0.360. The first-order chi connectivity index (χ1) is 16.3. The van der Waals surface area contributed by atoms with Gasteiger partial charge in [-0.1, -0.05) is 19.9 Å². The summed E-state index contributed by atoms with van der Waals surface area (Å²) in [6.45, 7) is 8.60. The summed E-state index contributed by atoms with van der Waals surface area (Å²) >= 11 is 0. The Morgan fingerprint density at radius 3 is 2.47 bits per heavy atom. The predicted molar refractivity (Wildman–Crippen MR) is 130 cm³/mol. The number of ether oxygens (including phenoxy) is 2. The molecule has 0 radical (unpaired) electrons. The zero-order chi connectivity index (χ0) is 24.7. The number of nitrogens with zero attached hydrogens (tertiary/aromatic N) is 4. The molecule has 0 saturated carbocycles. The zero-order valence-electron chi connectivity index (χ0n) is 20.2. The van der Waals surface area contributed by atoms with E-state index >= 15 is 0 Å². The van der Waals surface area contributed by atoms with Crippen molar-refractivity contribution >= 4 is 17.5 Å². The highest BCUT2D eigenvalue weighted by atomic mass is 16.5. The lowest BCUT2D eigenvalue weighted by Gasteiger charge is -2.19. The molecule has 0 fully saturated rings. The SMILES string of the molecule is CCOc1ccc(NC(=O)CN(C)C(=O)c2cnn(-c3ccccn3)c2C(C)C)cc1OCC. The van der Waals surface area contributed by atoms with Gasteiger partial charge in [-0.25, -0.2) is 9.67 Å². The number of aromatic nitrogens is 3. The van der Waals surface area contributed by atoms with E-state index in [1.165, 1.54) is 11.1 Å². The van der Waals surface area contributed by atoms with E-state index < -0.39 is 0 Å². The normalized spacial score (nSPS) is 10.8. The van der Waals surface area contributed by atoms with Gasteiger partial charge in [0.15, 0.2) is 17.3 Å². The van der Waals surface area contributed by atoms with Crippen LogP contribution in [0.1, 0.15) is 49.7 Å². The number of carbonyl (C=O) groups is 2. The number of likely N-dealkylation sites (N-methyl/N-ethyl adjacent to an activating group) is 1. The molecule has 1 N–H and O–H groups in total. The summed E-state index contributed by atoms with van der Waals surface area (Å²) in [5, 5.41) is 7.21. The molecule has 3 aromatic rings. The number of carbonyl (C=O) groups excluding carboxylic acids is 2. The lowest BCUT2D eigenvalue weighted by atomic mass is 10.0. The van der Waals surface area contributed by atoms with Gasteiger partial charge in [0.1, 0.15) is 0 Å². The molecule has 0 aliphatic carbocycles. The van der Waals surface area contributed by atoms with E-state index in [2.05, 4.69) is 15.4 Å². The maximum Gasteiger partial charge on any atom is 0.257 e. The number of hydrogen-bond acceptors (Lipinski definition) is 6. The standard InChI is InChI=1S/C25H31N5O4/c1-6-33-20-12-11-18(14-21(20)34-7-2)28-23(31)16-29(5)25(32)19-15-27-30(24(19)17(3)4)22-10-8-9-13-26-22/h8-15,17H,6-7,16H2,1-5H3,(H,28,31). The van der Waals surface area contributed by atoms with Crippen LogP contribution in [-0.2, 0) is 4.79 Å². The van der Waals surface area contributed by atoms with E-state index in [-0.39, 0.29) is 24.3 Å². The summed E-state index contributed by atoms with van der Waals surface area (Å²) < 4.78 is 12.8. The van der Waals surface area contributed by atoms with Gasteiger partial charge in [-0.2, -0.15) is 5.10 Å². The molecule has 0 spiro atoms. The van der Waals surface area contributed by atoms with Crippen molar-refractivity contribution in [2.45, 2.75) is 33.6 Å². The highest BCUT2D eigenvalue weighted by Crippen LogP contribution is 2.30. The van der Waals surface area contributed by atoms with Gasteiger partial charge >= 0.3 is 0 Å². The highest BCUT2D eigenvalue weighted by Gasteiger charge is 2.24. The molecule has 2 heterocycles. The molecule has 0 saturated heterocycles. The van der Waals surface area contributed by atoms with Crippen molar-refractivity contribution in [1.82, 2.24) is 19.7 Å². The van der Waals surface area contributed by atoms with Crippen LogP contribution in [0.3, 0.4) is 0 Å². The number of benzene rings is 1. The molecule has 2 amide bonds. The van der Waals surface area contributed by atoms with Crippen LogP contribution >= 0.6 is 0 Å². The Labute approximate surface area is 199 Å². The maximum atomic E-state index is 13.2. The van der Waals surface area contributed by atoms with E-state index in [4.69, 9.17) is 9.47 Å². The fourth-order valence-corrected chi connectivity index (χ4v) is 3.56. The van der Waals surface area contributed by atoms with Crippen molar-refractivity contribution < 1.29 is 19.1 Å². The number of nitrogens with one attached hydrogen (secondary N) is 1. The first kappa shape index (κ1) is 24.8. The van der Waals surface area contributed by atoms with E-state index in [9.17, 15) is 9.59 Å². The summed E-state index contributed by atoms with van der Waals surface area (Å²) in [5.74, 6) is 1.20. The number of pyridine rings is 1. The van der Waals surface area contributed by atoms with Crippen LogP contribution in [0, 0.1) is 0 Å². The Hall–Kier alpha value is -3.88. The second-order valence-electron chi connectivity index (χ2n) is 7.93. The third-order valence-corrected chi connectivity index (χ3v) is 5.00. The lowest BCUT2D eigenvalue weighted by molar-refractivity contribution is -0.116. The first-order valence-corrected chi connectivity index (χ1v) is 11.3. The smallest absolute Gasteiger partial charge is 0.257 e. The van der Waals surface area contributed by atoms with Crippen LogP contribution in [-0.4, -0.2) is 58.3 Å². The van der Waals surface area contributed by atoms with Crippen molar-refractivity contribution in [2.24, 2.45) is 0 Å². The summed E-state index contributed by atoms with van der Waals surface area (Å²) in [4.78, 5) is 31.6. The van der Waals surface area contributed by atoms with Gasteiger partial charge in [0.05, 0.1) is 37.2 Å². The molecule has 2 aromatic heterocycles. The lowest BCUT2D eigenvalue weighted by Crippen LogP contribution is -2.35. The van der Waals surface area contributed by atoms with Crippen molar-refractivity contribution in [3.05, 3.63) is 60.0 Å². The van der Waals surface area contributed by atoms with Gasteiger partial charge < -0.3 is 19.7 Å². The van der Waals surface area contributed by atoms with Crippen LogP contribution in [0.4, 0.5) is 5.69 Å². The minimum Gasteiger partial charge on any atom is -0.490 e. The average Bonchev–Trinajstić information content (AvgIpc) is 3.26. The molecule has 0 aliphatic heterocycles. The average molecular weight is 466 g/mol. The molecule has 0 atom stereocenters. The molecule has 1 aromatic carbocycles. The Morgan fingerprint density at radius 2 is 1.82 bits per heavy atom. The number of anilines is 1. The van der Waals surface area contributed by atoms with Gasteiger partial charge in [-0.05, 0) is 44.0 Å². The predicted octanol–water partition coefficient (Wildman–Crippen LogP) is 3.90. The molecule has 0 aliphatic rings. The monoisotopic (exact) mass is 465 g/mol. The van der Waals surface area contributed by atoms with Gasteiger partial charge in [0.25, 0.3) is 5.91 Å². The molecule has 9 nitrogen and oxygen atoms in total. The minimum atomic E-state index is -0.328. The van der Waals surface area contributed by atoms with Gasteiger partial charge in [0, 0.05) is 25.0 Å². The molecule has 3 rings (SSSR count). The Balaban J connectivity index is 1.73. The third-order valence-electron chi connectivity index (χ3n) is 5.00. The molecule has 0 bridgehead atoms. The minimum absolute atomic E-state index is 0.0199. The Kier molecular flexibility index (Phi) is 8.24. The summed E-state index contributed by atoms with van der Waals surface area (Å²) in [5.41, 5.74) is 1.74. The third kappa shape index (κ3) is 5.72. The number of amides is 2. The second-order valence-corrected chi connectivity index (χ2v) is 7.93. The van der Waals surface area contributed by atoms with E-state index in [0.29, 0.717) is 41.8 Å². The first-order valence-electron chi connectivity index (χ1n) is 11.3. The second kappa shape index (κ2) is 11.3. The molecule has 180 valence electrons. The van der Waals surface area contributed by atoms with Crippen molar-refractivity contribution in [1.29, 1.82) is 0 Å². The Bertz CT molecular complexity index is 1130. The molecular formula is C25H31N5O4. The molecular weight excluding hydrogens is 434 g/mol. The van der Waals surface area contributed by atoms with Crippen LogP contribution in [0.25, 0.3) is 5.82 Å². The molecule has 0 unspecified atom stereocenters.